The minimum atomic E-state index is -0.534. The van der Waals surface area contributed by atoms with Crippen molar-refractivity contribution in [3.63, 3.8) is 0 Å². The average molecular weight is 414 g/mol. The van der Waals surface area contributed by atoms with E-state index in [2.05, 4.69) is 17.8 Å². The van der Waals surface area contributed by atoms with Crippen LogP contribution in [0.5, 0.6) is 0 Å². The number of unbranched alkanes of at least 4 members (excludes halogenated alkanes) is 1. The van der Waals surface area contributed by atoms with Crippen LogP contribution in [0, 0.1) is 5.92 Å². The first-order chi connectivity index (χ1) is 14.0. The number of amides is 3. The smallest absolute Gasteiger partial charge is 0.271 e. The molecule has 1 saturated heterocycles. The van der Waals surface area contributed by atoms with Gasteiger partial charge in [0.2, 0.25) is 11.8 Å². The molecule has 2 aromatic rings. The van der Waals surface area contributed by atoms with Gasteiger partial charge in [0.15, 0.2) is 0 Å². The number of hydrazine groups is 1. The Morgan fingerprint density at radius 3 is 2.52 bits per heavy atom. The van der Waals surface area contributed by atoms with Gasteiger partial charge < -0.3 is 4.90 Å². The minimum Gasteiger partial charge on any atom is -0.312 e. The second-order valence-corrected chi connectivity index (χ2v) is 7.51. The predicted molar refractivity (Wildman–Crippen MR) is 113 cm³/mol. The van der Waals surface area contributed by atoms with Crippen LogP contribution in [0.15, 0.2) is 48.5 Å². The average Bonchev–Trinajstić information content (AvgIpc) is 3.12. The Hall–Kier alpha value is -2.86. The number of hydrogen-bond donors (Lipinski definition) is 2. The van der Waals surface area contributed by atoms with Crippen molar-refractivity contribution in [3.05, 3.63) is 64.7 Å². The summed E-state index contributed by atoms with van der Waals surface area (Å²) in [4.78, 5) is 38.6. The minimum absolute atomic E-state index is 0.103. The highest BCUT2D eigenvalue weighted by molar-refractivity contribution is 6.33. The standard InChI is InChI=1S/C22H24ClN3O3/c1-2-3-6-15-9-11-17(12-10-15)26-14-16(13-20(26)27)21(28)24-25-22(29)18-7-4-5-8-19(18)23/h4-5,7-12,16H,2-3,6,13-14H2,1H3,(H,24,28)(H,25,29). The number of carbonyl (C=O) groups excluding carboxylic acids is 3. The lowest BCUT2D eigenvalue weighted by Gasteiger charge is -2.17. The summed E-state index contributed by atoms with van der Waals surface area (Å²) in [6, 6.07) is 14.4. The van der Waals surface area contributed by atoms with Crippen LogP contribution in [0.1, 0.15) is 42.1 Å². The molecule has 1 unspecified atom stereocenters. The fourth-order valence-electron chi connectivity index (χ4n) is 3.29. The quantitative estimate of drug-likeness (QED) is 0.711. The van der Waals surface area contributed by atoms with Gasteiger partial charge in [-0.15, -0.1) is 0 Å². The third kappa shape index (κ3) is 5.15. The molecule has 3 rings (SSSR count). The summed E-state index contributed by atoms with van der Waals surface area (Å²) in [6.45, 7) is 2.43. The molecular formula is C22H24ClN3O3. The van der Waals surface area contributed by atoms with Crippen molar-refractivity contribution in [3.8, 4) is 0 Å². The zero-order chi connectivity index (χ0) is 20.8. The maximum Gasteiger partial charge on any atom is 0.271 e. The van der Waals surface area contributed by atoms with Crippen molar-refractivity contribution in [1.29, 1.82) is 0 Å². The molecule has 0 bridgehead atoms. The van der Waals surface area contributed by atoms with Crippen molar-refractivity contribution >= 4 is 35.0 Å². The van der Waals surface area contributed by atoms with Gasteiger partial charge in [-0.1, -0.05) is 49.2 Å². The molecule has 2 N–H and O–H groups in total. The van der Waals surface area contributed by atoms with E-state index in [9.17, 15) is 14.4 Å². The van der Waals surface area contributed by atoms with Crippen LogP contribution in [-0.2, 0) is 16.0 Å². The Kier molecular flexibility index (Phi) is 6.88. The monoisotopic (exact) mass is 413 g/mol. The second kappa shape index (κ2) is 9.56. The van der Waals surface area contributed by atoms with Gasteiger partial charge in [-0.2, -0.15) is 0 Å². The molecule has 1 fully saturated rings. The van der Waals surface area contributed by atoms with Crippen molar-refractivity contribution < 1.29 is 14.4 Å². The van der Waals surface area contributed by atoms with Crippen molar-refractivity contribution in [2.75, 3.05) is 11.4 Å². The van der Waals surface area contributed by atoms with Crippen molar-refractivity contribution in [1.82, 2.24) is 10.9 Å². The highest BCUT2D eigenvalue weighted by Gasteiger charge is 2.35. The van der Waals surface area contributed by atoms with Gasteiger partial charge in [0.1, 0.15) is 0 Å². The van der Waals surface area contributed by atoms with Crippen molar-refractivity contribution in [2.45, 2.75) is 32.6 Å². The Labute approximate surface area is 175 Å². The van der Waals surface area contributed by atoms with Crippen LogP contribution in [0.25, 0.3) is 0 Å². The molecule has 1 aliphatic rings. The lowest BCUT2D eigenvalue weighted by atomic mass is 10.1. The van der Waals surface area contributed by atoms with E-state index >= 15 is 0 Å². The van der Waals surface area contributed by atoms with Crippen LogP contribution in [0.4, 0.5) is 5.69 Å². The van der Waals surface area contributed by atoms with E-state index in [1.54, 1.807) is 29.2 Å². The van der Waals surface area contributed by atoms with Crippen LogP contribution in [-0.4, -0.2) is 24.3 Å². The Bertz CT molecular complexity index is 898. The second-order valence-electron chi connectivity index (χ2n) is 7.10. The largest absolute Gasteiger partial charge is 0.312 e. The number of hydrogen-bond acceptors (Lipinski definition) is 3. The van der Waals surface area contributed by atoms with E-state index in [0.29, 0.717) is 5.02 Å². The first-order valence-corrected chi connectivity index (χ1v) is 10.1. The molecule has 3 amide bonds. The summed E-state index contributed by atoms with van der Waals surface area (Å²) in [5.74, 6) is -1.55. The lowest BCUT2D eigenvalue weighted by molar-refractivity contribution is -0.126. The fraction of sp³-hybridized carbons (Fsp3) is 0.318. The van der Waals surface area contributed by atoms with E-state index in [-0.39, 0.29) is 24.4 Å². The third-order valence-electron chi connectivity index (χ3n) is 4.98. The summed E-state index contributed by atoms with van der Waals surface area (Å²) >= 11 is 5.98. The number of nitrogens with one attached hydrogen (secondary N) is 2. The summed E-state index contributed by atoms with van der Waals surface area (Å²) in [5.41, 5.74) is 7.04. The van der Waals surface area contributed by atoms with Gasteiger partial charge in [0.25, 0.3) is 5.91 Å². The molecule has 0 aliphatic carbocycles. The summed E-state index contributed by atoms with van der Waals surface area (Å²) in [7, 11) is 0. The molecule has 0 aromatic heterocycles. The molecule has 29 heavy (non-hydrogen) atoms. The van der Waals surface area contributed by atoms with Crippen molar-refractivity contribution in [2.24, 2.45) is 5.92 Å². The molecule has 2 aromatic carbocycles. The Morgan fingerprint density at radius 1 is 1.10 bits per heavy atom. The number of benzene rings is 2. The molecule has 7 heteroatoms. The van der Waals surface area contributed by atoms with Gasteiger partial charge in [-0.05, 0) is 42.7 Å². The molecular weight excluding hydrogens is 390 g/mol. The van der Waals surface area contributed by atoms with E-state index in [0.717, 1.165) is 24.9 Å². The topological polar surface area (TPSA) is 78.5 Å². The maximum absolute atomic E-state index is 12.4. The summed E-state index contributed by atoms with van der Waals surface area (Å²) in [5, 5.41) is 0.295. The number of nitrogens with zero attached hydrogens (tertiary/aromatic N) is 1. The van der Waals surface area contributed by atoms with E-state index in [4.69, 9.17) is 11.6 Å². The maximum atomic E-state index is 12.4. The number of anilines is 1. The lowest BCUT2D eigenvalue weighted by Crippen LogP contribution is -2.45. The molecule has 0 spiro atoms. The molecule has 0 saturated carbocycles. The molecule has 152 valence electrons. The van der Waals surface area contributed by atoms with Gasteiger partial charge >= 0.3 is 0 Å². The normalized spacial score (nSPS) is 16.0. The number of rotatable bonds is 6. The molecule has 1 atom stereocenters. The number of halogens is 1. The molecule has 1 aliphatic heterocycles. The first-order valence-electron chi connectivity index (χ1n) is 9.73. The van der Waals surface area contributed by atoms with E-state index < -0.39 is 17.7 Å². The summed E-state index contributed by atoms with van der Waals surface area (Å²) < 4.78 is 0. The van der Waals surface area contributed by atoms with Gasteiger partial charge in [-0.3, -0.25) is 25.2 Å². The number of carbonyl (C=O) groups is 3. The molecule has 0 radical (unpaired) electrons. The van der Waals surface area contributed by atoms with Gasteiger partial charge in [0, 0.05) is 18.7 Å². The Balaban J connectivity index is 1.56. The third-order valence-corrected chi connectivity index (χ3v) is 5.31. The molecule has 6 nitrogen and oxygen atoms in total. The first kappa shape index (κ1) is 20.9. The number of aryl methyl sites for hydroxylation is 1. The SMILES string of the molecule is CCCCc1ccc(N2CC(C(=O)NNC(=O)c3ccccc3Cl)CC2=O)cc1. The van der Waals surface area contributed by atoms with Crippen LogP contribution in [0.3, 0.4) is 0 Å². The van der Waals surface area contributed by atoms with Crippen LogP contribution < -0.4 is 15.8 Å². The fourth-order valence-corrected chi connectivity index (χ4v) is 3.51. The zero-order valence-electron chi connectivity index (χ0n) is 16.3. The molecule has 1 heterocycles. The van der Waals surface area contributed by atoms with Gasteiger partial charge in [0.05, 0.1) is 16.5 Å². The van der Waals surface area contributed by atoms with Crippen LogP contribution >= 0.6 is 11.6 Å². The van der Waals surface area contributed by atoms with E-state index in [1.165, 1.54) is 5.56 Å². The summed E-state index contributed by atoms with van der Waals surface area (Å²) in [6.07, 6.45) is 3.38. The predicted octanol–water partition coefficient (Wildman–Crippen LogP) is 3.50. The Morgan fingerprint density at radius 2 is 1.83 bits per heavy atom. The van der Waals surface area contributed by atoms with E-state index in [1.807, 2.05) is 24.3 Å². The van der Waals surface area contributed by atoms with Gasteiger partial charge in [-0.25, -0.2) is 0 Å². The highest BCUT2D eigenvalue weighted by atomic mass is 35.5. The highest BCUT2D eigenvalue weighted by Crippen LogP contribution is 2.26. The zero-order valence-corrected chi connectivity index (χ0v) is 17.0. The van der Waals surface area contributed by atoms with Crippen LogP contribution in [0.2, 0.25) is 5.02 Å².